The molecule has 2 N–H and O–H groups in total. The maximum atomic E-state index is 10.1. The van der Waals surface area contributed by atoms with E-state index in [1.165, 1.54) is 6.92 Å². The third-order valence-electron chi connectivity index (χ3n) is 2.12. The molecule has 0 fully saturated rings. The molecule has 0 aliphatic heterocycles. The Labute approximate surface area is 91.2 Å². The van der Waals surface area contributed by atoms with Crippen LogP contribution in [0.5, 0.6) is 0 Å². The molecule has 0 bridgehead atoms. The van der Waals surface area contributed by atoms with Gasteiger partial charge < -0.3 is 5.11 Å². The molecule has 0 aliphatic rings. The predicted molar refractivity (Wildman–Crippen MR) is 58.4 cm³/mol. The van der Waals surface area contributed by atoms with Gasteiger partial charge in [-0.3, -0.25) is 9.35 Å². The van der Waals surface area contributed by atoms with Gasteiger partial charge in [-0.1, -0.05) is 20.8 Å². The third kappa shape index (κ3) is 9.68. The lowest BCUT2D eigenvalue weighted by Crippen LogP contribution is -2.14. The van der Waals surface area contributed by atoms with Gasteiger partial charge in [-0.15, -0.1) is 0 Å². The maximum absolute atomic E-state index is 10.1. The van der Waals surface area contributed by atoms with Crippen molar-refractivity contribution >= 4 is 16.1 Å². The van der Waals surface area contributed by atoms with Gasteiger partial charge in [-0.2, -0.15) is 8.42 Å². The van der Waals surface area contributed by atoms with E-state index in [4.69, 9.17) is 9.66 Å². The van der Waals surface area contributed by atoms with Gasteiger partial charge in [0.2, 0.25) is 0 Å². The zero-order valence-electron chi connectivity index (χ0n) is 9.60. The average Bonchev–Trinajstić information content (AvgIpc) is 2.14. The van der Waals surface area contributed by atoms with Crippen LogP contribution in [0, 0.1) is 5.92 Å². The van der Waals surface area contributed by atoms with Crippen molar-refractivity contribution in [3.05, 3.63) is 0 Å². The summed E-state index contributed by atoms with van der Waals surface area (Å²) in [7, 11) is -3.75. The topological polar surface area (TPSA) is 91.7 Å². The monoisotopic (exact) mass is 240 g/mol. The largest absolute Gasteiger partial charge is 0.481 e. The van der Waals surface area contributed by atoms with E-state index < -0.39 is 21.3 Å². The molecule has 92 valence electrons. The molecule has 6 heteroatoms. The Hall–Kier alpha value is -0.620. The van der Waals surface area contributed by atoms with Gasteiger partial charge in [0.25, 0.3) is 10.1 Å². The molecule has 0 amide bonds. The Morgan fingerprint density at radius 3 is 1.60 bits per heavy atom. The number of aliphatic carboxylic acids is 1. The zero-order valence-corrected chi connectivity index (χ0v) is 10.4. The van der Waals surface area contributed by atoms with E-state index in [1.807, 2.05) is 6.92 Å². The number of carbonyl (C=O) groups is 1. The van der Waals surface area contributed by atoms with Gasteiger partial charge in [0.05, 0.1) is 11.2 Å². The second-order valence-electron chi connectivity index (χ2n) is 3.38. The molecule has 2 atom stereocenters. The van der Waals surface area contributed by atoms with Crippen molar-refractivity contribution in [2.24, 2.45) is 5.92 Å². The van der Waals surface area contributed by atoms with Crippen LogP contribution in [0.4, 0.5) is 0 Å². The van der Waals surface area contributed by atoms with Gasteiger partial charge in [0, 0.05) is 0 Å². The maximum Gasteiger partial charge on any atom is 0.306 e. The van der Waals surface area contributed by atoms with Crippen molar-refractivity contribution in [3.63, 3.8) is 0 Å². The molecule has 15 heavy (non-hydrogen) atoms. The normalized spacial score (nSPS) is 14.7. The van der Waals surface area contributed by atoms with Crippen molar-refractivity contribution in [2.45, 2.75) is 45.8 Å². The Morgan fingerprint density at radius 2 is 1.60 bits per heavy atom. The molecule has 0 heterocycles. The van der Waals surface area contributed by atoms with E-state index >= 15 is 0 Å². The summed E-state index contributed by atoms with van der Waals surface area (Å²) >= 11 is 0. The molecule has 0 aromatic rings. The molecule has 0 spiro atoms. The lowest BCUT2D eigenvalue weighted by molar-refractivity contribution is -0.141. The van der Waals surface area contributed by atoms with E-state index in [0.717, 1.165) is 6.42 Å². The van der Waals surface area contributed by atoms with Crippen LogP contribution in [0.3, 0.4) is 0 Å². The van der Waals surface area contributed by atoms with E-state index in [1.54, 1.807) is 13.8 Å². The van der Waals surface area contributed by atoms with E-state index in [0.29, 0.717) is 6.42 Å². The zero-order chi connectivity index (χ0) is 12.6. The molecule has 0 saturated carbocycles. The van der Waals surface area contributed by atoms with Gasteiger partial charge in [0.1, 0.15) is 0 Å². The summed E-state index contributed by atoms with van der Waals surface area (Å²) in [4.78, 5) is 9.93. The number of carboxylic acids is 1. The molecule has 5 nitrogen and oxygen atoms in total. The molecule has 0 aliphatic carbocycles. The van der Waals surface area contributed by atoms with E-state index in [-0.39, 0.29) is 5.92 Å². The van der Waals surface area contributed by atoms with Crippen molar-refractivity contribution in [1.29, 1.82) is 0 Å². The van der Waals surface area contributed by atoms with Crippen molar-refractivity contribution in [1.82, 2.24) is 0 Å². The second kappa shape index (κ2) is 7.64. The highest BCUT2D eigenvalue weighted by Crippen LogP contribution is 2.00. The highest BCUT2D eigenvalue weighted by atomic mass is 32.2. The fraction of sp³-hybridized carbons (Fsp3) is 0.889. The Balaban J connectivity index is 0. The van der Waals surface area contributed by atoms with Crippen molar-refractivity contribution in [2.75, 3.05) is 0 Å². The molecular formula is C9H20O5S. The standard InChI is InChI=1S/C5H10O2.C4H10O3S/c1-3-4(2)5(6)7;1-3-4(2)8(5,6)7/h4H,3H2,1-2H3,(H,6,7);4H,3H2,1-2H3,(H,5,6,7). The highest BCUT2D eigenvalue weighted by molar-refractivity contribution is 7.86. The molecule has 0 rings (SSSR count). The lowest BCUT2D eigenvalue weighted by Gasteiger charge is -2.00. The van der Waals surface area contributed by atoms with Crippen LogP contribution in [0.15, 0.2) is 0 Å². The van der Waals surface area contributed by atoms with Crippen LogP contribution in [-0.4, -0.2) is 29.3 Å². The molecular weight excluding hydrogens is 220 g/mol. The predicted octanol–water partition coefficient (Wildman–Crippen LogP) is 1.79. The number of rotatable bonds is 4. The number of hydrogen-bond acceptors (Lipinski definition) is 3. The molecule has 0 radical (unpaired) electrons. The summed E-state index contributed by atoms with van der Waals surface area (Å²) < 4.78 is 28.5. The van der Waals surface area contributed by atoms with Crippen LogP contribution in [0.1, 0.15) is 40.5 Å². The van der Waals surface area contributed by atoms with Crippen molar-refractivity contribution < 1.29 is 22.9 Å². The van der Waals surface area contributed by atoms with Crippen LogP contribution >= 0.6 is 0 Å². The first kappa shape index (κ1) is 16.8. The summed E-state index contributed by atoms with van der Waals surface area (Å²) in [6.07, 6.45) is 1.17. The van der Waals surface area contributed by atoms with Crippen LogP contribution < -0.4 is 0 Å². The highest BCUT2D eigenvalue weighted by Gasteiger charge is 2.13. The minimum absolute atomic E-state index is 0.181. The quantitative estimate of drug-likeness (QED) is 0.731. The van der Waals surface area contributed by atoms with Gasteiger partial charge in [-0.05, 0) is 19.8 Å². The molecule has 2 unspecified atom stereocenters. The summed E-state index contributed by atoms with van der Waals surface area (Å²) in [6, 6.07) is 0. The van der Waals surface area contributed by atoms with E-state index in [2.05, 4.69) is 0 Å². The fourth-order valence-electron chi connectivity index (χ4n) is 0.385. The van der Waals surface area contributed by atoms with Crippen LogP contribution in [0.2, 0.25) is 0 Å². The Morgan fingerprint density at radius 1 is 1.20 bits per heavy atom. The first-order chi connectivity index (χ1) is 6.66. The Kier molecular flexibility index (Phi) is 8.56. The smallest absolute Gasteiger partial charge is 0.306 e. The summed E-state index contributed by atoms with van der Waals surface area (Å²) in [5.41, 5.74) is 0. The Bertz CT molecular complexity index is 270. The fourth-order valence-corrected chi connectivity index (χ4v) is 0.806. The van der Waals surface area contributed by atoms with Crippen LogP contribution in [-0.2, 0) is 14.9 Å². The molecule has 0 aromatic carbocycles. The van der Waals surface area contributed by atoms with Crippen LogP contribution in [0.25, 0.3) is 0 Å². The molecule has 0 saturated heterocycles. The molecule has 0 aromatic heterocycles. The second-order valence-corrected chi connectivity index (χ2v) is 5.22. The number of carboxylic acid groups (broad SMARTS) is 1. The van der Waals surface area contributed by atoms with Gasteiger partial charge in [0.15, 0.2) is 0 Å². The SMILES string of the molecule is CCC(C)C(=O)O.CCC(C)S(=O)(=O)O. The number of hydrogen-bond donors (Lipinski definition) is 2. The minimum atomic E-state index is -3.75. The first-order valence-corrected chi connectivity index (χ1v) is 6.36. The minimum Gasteiger partial charge on any atom is -0.481 e. The lowest BCUT2D eigenvalue weighted by atomic mass is 10.1. The first-order valence-electron chi connectivity index (χ1n) is 4.85. The van der Waals surface area contributed by atoms with E-state index in [9.17, 15) is 13.2 Å². The van der Waals surface area contributed by atoms with Gasteiger partial charge in [-0.25, -0.2) is 0 Å². The summed E-state index contributed by atoms with van der Waals surface area (Å²) in [5, 5.41) is 7.56. The summed E-state index contributed by atoms with van der Waals surface area (Å²) in [5.74, 6) is -0.887. The van der Waals surface area contributed by atoms with Crippen molar-refractivity contribution in [3.8, 4) is 0 Å². The third-order valence-corrected chi connectivity index (χ3v) is 3.47. The average molecular weight is 240 g/mol. The van der Waals surface area contributed by atoms with Gasteiger partial charge >= 0.3 is 5.97 Å². The summed E-state index contributed by atoms with van der Waals surface area (Å²) in [6.45, 7) is 6.73.